The summed E-state index contributed by atoms with van der Waals surface area (Å²) in [6.45, 7) is 0.570. The summed E-state index contributed by atoms with van der Waals surface area (Å²) in [6.07, 6.45) is 3.83. The summed E-state index contributed by atoms with van der Waals surface area (Å²) >= 11 is 3.66. The topological polar surface area (TPSA) is 52.5 Å². The minimum Gasteiger partial charge on any atom is -0.396 e. The van der Waals surface area contributed by atoms with Crippen LogP contribution >= 0.6 is 23.5 Å². The van der Waals surface area contributed by atoms with E-state index in [0.717, 1.165) is 23.0 Å². The summed E-state index contributed by atoms with van der Waals surface area (Å²) in [5.41, 5.74) is 0. The molecule has 0 aromatic rings. The van der Waals surface area contributed by atoms with E-state index in [2.05, 4.69) is 5.32 Å². The van der Waals surface area contributed by atoms with Gasteiger partial charge in [0.05, 0.1) is 13.2 Å². The van der Waals surface area contributed by atoms with E-state index >= 15 is 0 Å². The lowest BCUT2D eigenvalue weighted by atomic mass is 10.0. The predicted octanol–water partition coefficient (Wildman–Crippen LogP) is 0.948. The average molecular weight is 265 g/mol. The minimum absolute atomic E-state index is 0.285. The maximum Gasteiger partial charge on any atom is 0.0521 e. The Morgan fingerprint density at radius 1 is 0.938 bits per heavy atom. The van der Waals surface area contributed by atoms with Crippen LogP contribution in [0.5, 0.6) is 0 Å². The molecule has 1 fully saturated rings. The molecule has 0 aromatic carbocycles. The molecule has 0 spiro atoms. The highest BCUT2D eigenvalue weighted by Crippen LogP contribution is 2.18. The molecular formula is C11H23NO2S2. The Morgan fingerprint density at radius 3 is 1.88 bits per heavy atom. The van der Waals surface area contributed by atoms with Crippen LogP contribution in [0.3, 0.4) is 0 Å². The summed E-state index contributed by atoms with van der Waals surface area (Å²) in [4.78, 5) is 0. The third kappa shape index (κ3) is 6.35. The number of hydrogen-bond acceptors (Lipinski definition) is 5. The molecule has 0 aliphatic carbocycles. The first-order valence-corrected chi connectivity index (χ1v) is 8.31. The largest absolute Gasteiger partial charge is 0.396 e. The second-order valence-electron chi connectivity index (χ2n) is 4.09. The molecule has 1 rings (SSSR count). The zero-order valence-corrected chi connectivity index (χ0v) is 11.4. The van der Waals surface area contributed by atoms with Crippen LogP contribution in [0.25, 0.3) is 0 Å². The van der Waals surface area contributed by atoms with Gasteiger partial charge in [-0.3, -0.25) is 0 Å². The molecule has 1 heterocycles. The van der Waals surface area contributed by atoms with Gasteiger partial charge in [-0.1, -0.05) is 6.42 Å². The molecule has 1 aliphatic heterocycles. The smallest absolute Gasteiger partial charge is 0.0521 e. The van der Waals surface area contributed by atoms with Crippen molar-refractivity contribution in [3.05, 3.63) is 0 Å². The second-order valence-corrected chi connectivity index (χ2v) is 6.39. The lowest BCUT2D eigenvalue weighted by Gasteiger charge is -2.30. The first-order chi connectivity index (χ1) is 7.86. The lowest BCUT2D eigenvalue weighted by molar-refractivity contribution is 0.322. The number of piperidine rings is 1. The van der Waals surface area contributed by atoms with Crippen molar-refractivity contribution in [2.24, 2.45) is 0 Å². The van der Waals surface area contributed by atoms with Crippen molar-refractivity contribution in [1.82, 2.24) is 5.32 Å². The van der Waals surface area contributed by atoms with Crippen LogP contribution in [0.2, 0.25) is 0 Å². The van der Waals surface area contributed by atoms with Crippen LogP contribution in [0.15, 0.2) is 0 Å². The minimum atomic E-state index is 0.285. The highest BCUT2D eigenvalue weighted by atomic mass is 32.2. The third-order valence-corrected chi connectivity index (χ3v) is 4.90. The van der Waals surface area contributed by atoms with Gasteiger partial charge in [0, 0.05) is 35.1 Å². The van der Waals surface area contributed by atoms with E-state index in [1.54, 1.807) is 0 Å². The van der Waals surface area contributed by atoms with Crippen molar-refractivity contribution in [2.75, 3.05) is 36.2 Å². The van der Waals surface area contributed by atoms with Crippen molar-refractivity contribution in [1.29, 1.82) is 0 Å². The van der Waals surface area contributed by atoms with E-state index in [9.17, 15) is 0 Å². The molecule has 0 saturated carbocycles. The maximum atomic E-state index is 8.72. The van der Waals surface area contributed by atoms with Gasteiger partial charge >= 0.3 is 0 Å². The molecule has 5 heteroatoms. The Hall–Kier alpha value is 0.580. The monoisotopic (exact) mass is 265 g/mol. The summed E-state index contributed by atoms with van der Waals surface area (Å²) in [6, 6.07) is 1.23. The van der Waals surface area contributed by atoms with Gasteiger partial charge in [-0.15, -0.1) is 0 Å². The normalized spacial score (nSPS) is 25.9. The SMILES string of the molecule is OCCSCC1CCCC(CSCCO)N1. The van der Waals surface area contributed by atoms with Crippen LogP contribution in [0, 0.1) is 0 Å². The first kappa shape index (κ1) is 14.6. The standard InChI is InChI=1S/C11H23NO2S2/c13-4-6-15-8-10-2-1-3-11(12-10)9-16-7-5-14/h10-14H,1-9H2. The van der Waals surface area contributed by atoms with Gasteiger partial charge in [-0.05, 0) is 12.8 Å². The van der Waals surface area contributed by atoms with Crippen LogP contribution < -0.4 is 5.32 Å². The van der Waals surface area contributed by atoms with Crippen molar-refractivity contribution in [3.63, 3.8) is 0 Å². The molecule has 3 nitrogen and oxygen atoms in total. The fourth-order valence-electron chi connectivity index (χ4n) is 1.95. The molecule has 16 heavy (non-hydrogen) atoms. The Balaban J connectivity index is 2.09. The summed E-state index contributed by atoms with van der Waals surface area (Å²) < 4.78 is 0. The van der Waals surface area contributed by atoms with E-state index < -0.39 is 0 Å². The van der Waals surface area contributed by atoms with E-state index in [1.165, 1.54) is 19.3 Å². The first-order valence-electron chi connectivity index (χ1n) is 6.00. The van der Waals surface area contributed by atoms with Crippen LogP contribution in [-0.4, -0.2) is 58.5 Å². The molecule has 96 valence electrons. The van der Waals surface area contributed by atoms with E-state index in [4.69, 9.17) is 10.2 Å². The molecule has 0 bridgehead atoms. The van der Waals surface area contributed by atoms with Crippen LogP contribution in [-0.2, 0) is 0 Å². The Morgan fingerprint density at radius 2 is 1.44 bits per heavy atom. The molecule has 0 aromatic heterocycles. The van der Waals surface area contributed by atoms with Gasteiger partial charge in [-0.25, -0.2) is 0 Å². The molecular weight excluding hydrogens is 242 g/mol. The van der Waals surface area contributed by atoms with Crippen LogP contribution in [0.1, 0.15) is 19.3 Å². The highest BCUT2D eigenvalue weighted by molar-refractivity contribution is 7.99. The van der Waals surface area contributed by atoms with E-state index in [0.29, 0.717) is 12.1 Å². The van der Waals surface area contributed by atoms with E-state index in [1.807, 2.05) is 23.5 Å². The van der Waals surface area contributed by atoms with Crippen molar-refractivity contribution in [3.8, 4) is 0 Å². The zero-order valence-electron chi connectivity index (χ0n) is 9.73. The zero-order chi connectivity index (χ0) is 11.6. The summed E-state index contributed by atoms with van der Waals surface area (Å²) in [5, 5.41) is 21.1. The number of aliphatic hydroxyl groups excluding tert-OH is 2. The molecule has 0 amide bonds. The molecule has 2 unspecified atom stereocenters. The van der Waals surface area contributed by atoms with Gasteiger partial charge in [-0.2, -0.15) is 23.5 Å². The average Bonchev–Trinajstić information content (AvgIpc) is 2.30. The number of hydrogen-bond donors (Lipinski definition) is 3. The highest BCUT2D eigenvalue weighted by Gasteiger charge is 2.20. The lowest BCUT2D eigenvalue weighted by Crippen LogP contribution is -2.45. The van der Waals surface area contributed by atoms with Crippen molar-refractivity contribution in [2.45, 2.75) is 31.3 Å². The predicted molar refractivity (Wildman–Crippen MR) is 73.4 cm³/mol. The van der Waals surface area contributed by atoms with E-state index in [-0.39, 0.29) is 13.2 Å². The molecule has 1 aliphatic rings. The van der Waals surface area contributed by atoms with Crippen molar-refractivity contribution >= 4 is 23.5 Å². The molecule has 2 atom stereocenters. The molecule has 0 radical (unpaired) electrons. The van der Waals surface area contributed by atoms with Crippen LogP contribution in [0.4, 0.5) is 0 Å². The van der Waals surface area contributed by atoms with Crippen molar-refractivity contribution < 1.29 is 10.2 Å². The fourth-order valence-corrected chi connectivity index (χ4v) is 3.64. The summed E-state index contributed by atoms with van der Waals surface area (Å²) in [5.74, 6) is 3.92. The number of rotatable bonds is 8. The van der Waals surface area contributed by atoms with Gasteiger partial charge in [0.2, 0.25) is 0 Å². The van der Waals surface area contributed by atoms with Gasteiger partial charge < -0.3 is 15.5 Å². The van der Waals surface area contributed by atoms with Gasteiger partial charge in [0.1, 0.15) is 0 Å². The van der Waals surface area contributed by atoms with Gasteiger partial charge in [0.25, 0.3) is 0 Å². The Kier molecular flexibility index (Phi) is 8.78. The maximum absolute atomic E-state index is 8.72. The quantitative estimate of drug-likeness (QED) is 0.571. The number of aliphatic hydroxyl groups is 2. The third-order valence-electron chi connectivity index (χ3n) is 2.69. The fraction of sp³-hybridized carbons (Fsp3) is 1.00. The molecule has 1 saturated heterocycles. The number of nitrogens with one attached hydrogen (secondary N) is 1. The Labute approximate surface area is 107 Å². The summed E-state index contributed by atoms with van der Waals surface area (Å²) in [7, 11) is 0. The molecule has 3 N–H and O–H groups in total. The number of thioether (sulfide) groups is 2. The second kappa shape index (κ2) is 9.59. The Bertz CT molecular complexity index is 156. The van der Waals surface area contributed by atoms with Gasteiger partial charge in [0.15, 0.2) is 0 Å².